The number of rotatable bonds is 2. The minimum Gasteiger partial charge on any atom is -0.476 e. The van der Waals surface area contributed by atoms with Gasteiger partial charge >= 0.3 is 5.97 Å². The summed E-state index contributed by atoms with van der Waals surface area (Å²) >= 11 is 0. The third kappa shape index (κ3) is 2.93. The topological polar surface area (TPSA) is 55.1 Å². The summed E-state index contributed by atoms with van der Waals surface area (Å²) in [5, 5.41) is 12.8. The summed E-state index contributed by atoms with van der Waals surface area (Å²) in [5.41, 5.74) is 1.61. The average Bonchev–Trinajstić information content (AvgIpc) is 2.75. The standard InChI is InChI=1S/C11H10N2O2.C2H6/c1-8-7-13(12-10(8)11(14)15)9-5-3-2-4-6-9;1-2/h2-7H,1H3,(H,14,15);1-2H3. The van der Waals surface area contributed by atoms with Crippen LogP contribution >= 0.6 is 0 Å². The van der Waals surface area contributed by atoms with Gasteiger partial charge in [-0.05, 0) is 19.1 Å². The first-order valence-electron chi connectivity index (χ1n) is 5.53. The molecule has 0 amide bonds. The van der Waals surface area contributed by atoms with Gasteiger partial charge in [-0.1, -0.05) is 32.0 Å². The summed E-state index contributed by atoms with van der Waals surface area (Å²) in [6.07, 6.45) is 1.71. The molecule has 0 bridgehead atoms. The molecule has 0 radical (unpaired) electrons. The monoisotopic (exact) mass is 232 g/mol. The largest absolute Gasteiger partial charge is 0.476 e. The fraction of sp³-hybridized carbons (Fsp3) is 0.231. The van der Waals surface area contributed by atoms with Gasteiger partial charge in [-0.25, -0.2) is 9.48 Å². The molecule has 0 aliphatic carbocycles. The second-order valence-electron chi connectivity index (χ2n) is 3.25. The van der Waals surface area contributed by atoms with Gasteiger partial charge in [0, 0.05) is 11.8 Å². The maximum atomic E-state index is 10.8. The average molecular weight is 232 g/mol. The third-order valence-corrected chi connectivity index (χ3v) is 2.12. The Morgan fingerprint density at radius 3 is 2.29 bits per heavy atom. The lowest BCUT2D eigenvalue weighted by molar-refractivity contribution is 0.0689. The van der Waals surface area contributed by atoms with Crippen molar-refractivity contribution in [1.29, 1.82) is 0 Å². The van der Waals surface area contributed by atoms with Crippen molar-refractivity contribution in [2.45, 2.75) is 20.8 Å². The van der Waals surface area contributed by atoms with Crippen LogP contribution in [0.3, 0.4) is 0 Å². The van der Waals surface area contributed by atoms with E-state index in [2.05, 4.69) is 5.10 Å². The van der Waals surface area contributed by atoms with E-state index in [9.17, 15) is 4.79 Å². The molecule has 0 unspecified atom stereocenters. The van der Waals surface area contributed by atoms with Gasteiger partial charge in [0.1, 0.15) is 0 Å². The molecule has 0 saturated carbocycles. The van der Waals surface area contributed by atoms with Crippen LogP contribution in [0, 0.1) is 6.92 Å². The Morgan fingerprint density at radius 2 is 1.82 bits per heavy atom. The van der Waals surface area contributed by atoms with Gasteiger partial charge in [-0.15, -0.1) is 0 Å². The molecule has 17 heavy (non-hydrogen) atoms. The normalized spacial score (nSPS) is 9.35. The number of benzene rings is 1. The zero-order valence-corrected chi connectivity index (χ0v) is 10.2. The second-order valence-corrected chi connectivity index (χ2v) is 3.25. The predicted molar refractivity (Wildman–Crippen MR) is 66.6 cm³/mol. The Labute approximate surface area is 101 Å². The van der Waals surface area contributed by atoms with Crippen molar-refractivity contribution >= 4 is 5.97 Å². The number of carbonyl (C=O) groups is 1. The number of aryl methyl sites for hydroxylation is 1. The van der Waals surface area contributed by atoms with Gasteiger partial charge in [0.05, 0.1) is 5.69 Å². The lowest BCUT2D eigenvalue weighted by atomic mass is 10.3. The Balaban J connectivity index is 0.000000686. The van der Waals surface area contributed by atoms with Gasteiger partial charge in [0.15, 0.2) is 5.69 Å². The molecule has 2 rings (SSSR count). The van der Waals surface area contributed by atoms with E-state index in [1.54, 1.807) is 17.8 Å². The van der Waals surface area contributed by atoms with E-state index in [-0.39, 0.29) is 5.69 Å². The summed E-state index contributed by atoms with van der Waals surface area (Å²) in [5.74, 6) is -0.998. The zero-order valence-electron chi connectivity index (χ0n) is 10.2. The molecule has 90 valence electrons. The highest BCUT2D eigenvalue weighted by Gasteiger charge is 2.12. The smallest absolute Gasteiger partial charge is 0.356 e. The van der Waals surface area contributed by atoms with Gasteiger partial charge in [-0.3, -0.25) is 0 Å². The third-order valence-electron chi connectivity index (χ3n) is 2.12. The van der Waals surface area contributed by atoms with E-state index >= 15 is 0 Å². The fourth-order valence-electron chi connectivity index (χ4n) is 1.38. The number of carboxylic acids is 1. The number of carboxylic acid groups (broad SMARTS) is 1. The SMILES string of the molecule is CC.Cc1cn(-c2ccccc2)nc1C(=O)O. The van der Waals surface area contributed by atoms with Crippen LogP contribution in [0.15, 0.2) is 36.5 Å². The molecule has 1 heterocycles. The Hall–Kier alpha value is -2.10. The maximum Gasteiger partial charge on any atom is 0.356 e. The summed E-state index contributed by atoms with van der Waals surface area (Å²) in [4.78, 5) is 10.8. The fourth-order valence-corrected chi connectivity index (χ4v) is 1.38. The molecule has 0 aliphatic heterocycles. The van der Waals surface area contributed by atoms with Crippen molar-refractivity contribution in [2.75, 3.05) is 0 Å². The van der Waals surface area contributed by atoms with Crippen molar-refractivity contribution in [3.63, 3.8) is 0 Å². The Kier molecular flexibility index (Phi) is 4.46. The molecule has 4 heteroatoms. The highest BCUT2D eigenvalue weighted by Crippen LogP contribution is 2.11. The molecule has 2 aromatic rings. The molecule has 0 aliphatic rings. The minimum atomic E-state index is -0.998. The van der Waals surface area contributed by atoms with Crippen molar-refractivity contribution in [3.8, 4) is 5.69 Å². The highest BCUT2D eigenvalue weighted by atomic mass is 16.4. The van der Waals surface area contributed by atoms with E-state index < -0.39 is 5.97 Å². The first-order valence-corrected chi connectivity index (χ1v) is 5.53. The molecule has 4 nitrogen and oxygen atoms in total. The van der Waals surface area contributed by atoms with Crippen LogP contribution in [0.2, 0.25) is 0 Å². The number of hydrogen-bond acceptors (Lipinski definition) is 2. The first kappa shape index (κ1) is 13.0. The molecule has 1 N–H and O–H groups in total. The van der Waals surface area contributed by atoms with Crippen molar-refractivity contribution in [2.24, 2.45) is 0 Å². The molecule has 0 spiro atoms. The van der Waals surface area contributed by atoms with Gasteiger partial charge < -0.3 is 5.11 Å². The van der Waals surface area contributed by atoms with Crippen LogP contribution in [0.1, 0.15) is 29.9 Å². The van der Waals surface area contributed by atoms with Crippen molar-refractivity contribution in [3.05, 3.63) is 47.8 Å². The van der Waals surface area contributed by atoms with Crippen LogP contribution in [-0.4, -0.2) is 20.9 Å². The van der Waals surface area contributed by atoms with E-state index in [1.807, 2.05) is 44.2 Å². The van der Waals surface area contributed by atoms with E-state index in [4.69, 9.17) is 5.11 Å². The zero-order chi connectivity index (χ0) is 12.8. The molecule has 0 atom stereocenters. The first-order chi connectivity index (χ1) is 8.18. The lowest BCUT2D eigenvalue weighted by Gasteiger charge is -1.98. The summed E-state index contributed by atoms with van der Waals surface area (Å²) < 4.78 is 1.57. The van der Waals surface area contributed by atoms with Gasteiger partial charge in [0.25, 0.3) is 0 Å². The molecule has 0 fully saturated rings. The van der Waals surface area contributed by atoms with Crippen LogP contribution in [0.25, 0.3) is 5.69 Å². The minimum absolute atomic E-state index is 0.0962. The molecular formula is C13H16N2O2. The molecule has 1 aromatic carbocycles. The summed E-state index contributed by atoms with van der Waals surface area (Å²) in [6.45, 7) is 5.73. The Morgan fingerprint density at radius 1 is 1.24 bits per heavy atom. The molecule has 1 aromatic heterocycles. The number of nitrogens with zero attached hydrogens (tertiary/aromatic N) is 2. The predicted octanol–water partition coefficient (Wildman–Crippen LogP) is 2.91. The number of para-hydroxylation sites is 1. The van der Waals surface area contributed by atoms with Gasteiger partial charge in [0.2, 0.25) is 0 Å². The summed E-state index contributed by atoms with van der Waals surface area (Å²) in [6, 6.07) is 9.41. The number of aromatic nitrogens is 2. The van der Waals surface area contributed by atoms with Crippen molar-refractivity contribution in [1.82, 2.24) is 9.78 Å². The quantitative estimate of drug-likeness (QED) is 0.866. The number of aromatic carboxylic acids is 1. The van der Waals surface area contributed by atoms with Crippen LogP contribution in [-0.2, 0) is 0 Å². The van der Waals surface area contributed by atoms with E-state index in [1.165, 1.54) is 0 Å². The van der Waals surface area contributed by atoms with Crippen molar-refractivity contribution < 1.29 is 9.90 Å². The highest BCUT2D eigenvalue weighted by molar-refractivity contribution is 5.86. The lowest BCUT2D eigenvalue weighted by Crippen LogP contribution is -2.01. The second kappa shape index (κ2) is 5.84. The molecular weight excluding hydrogens is 216 g/mol. The van der Waals surface area contributed by atoms with E-state index in [0.717, 1.165) is 5.69 Å². The number of hydrogen-bond donors (Lipinski definition) is 1. The Bertz CT molecular complexity index is 489. The van der Waals surface area contributed by atoms with Crippen LogP contribution < -0.4 is 0 Å². The van der Waals surface area contributed by atoms with Gasteiger partial charge in [-0.2, -0.15) is 5.10 Å². The molecule has 0 saturated heterocycles. The summed E-state index contributed by atoms with van der Waals surface area (Å²) in [7, 11) is 0. The van der Waals surface area contributed by atoms with Crippen LogP contribution in [0.4, 0.5) is 0 Å². The van der Waals surface area contributed by atoms with E-state index in [0.29, 0.717) is 5.56 Å². The van der Waals surface area contributed by atoms with Crippen LogP contribution in [0.5, 0.6) is 0 Å². The maximum absolute atomic E-state index is 10.8.